The van der Waals surface area contributed by atoms with Gasteiger partial charge in [0.2, 0.25) is 0 Å². The molecule has 1 fully saturated rings. The van der Waals surface area contributed by atoms with Crippen LogP contribution in [0.2, 0.25) is 18.1 Å². The molecule has 1 aromatic heterocycles. The Morgan fingerprint density at radius 3 is 2.68 bits per heavy atom. The highest BCUT2D eigenvalue weighted by Crippen LogP contribution is 2.47. The average Bonchev–Trinajstić information content (AvgIpc) is 2.40. The second-order valence-electron chi connectivity index (χ2n) is 7.85. The predicted molar refractivity (Wildman–Crippen MR) is 97.2 cm³/mol. The molecule has 0 saturated heterocycles. The average molecular weight is 386 g/mol. The largest absolute Gasteiger partial charge is 0.432 e. The summed E-state index contributed by atoms with van der Waals surface area (Å²) < 4.78 is 0.649. The van der Waals surface area contributed by atoms with Crippen LogP contribution in [0.5, 0.6) is 0 Å². The van der Waals surface area contributed by atoms with Gasteiger partial charge in [-0.25, -0.2) is 9.97 Å². The van der Waals surface area contributed by atoms with E-state index < -0.39 is 8.32 Å². The van der Waals surface area contributed by atoms with E-state index in [1.165, 1.54) is 19.3 Å². The molecule has 3 N–H and O–H groups in total. The van der Waals surface area contributed by atoms with Gasteiger partial charge in [0.25, 0.3) is 0 Å². The number of aromatic nitrogens is 2. The maximum absolute atomic E-state index is 10.5. The van der Waals surface area contributed by atoms with E-state index in [9.17, 15) is 4.80 Å². The number of nitrogen functional groups attached to an aromatic ring is 1. The van der Waals surface area contributed by atoms with Crippen LogP contribution >= 0.6 is 15.9 Å². The summed E-state index contributed by atoms with van der Waals surface area (Å²) in [4.78, 5) is 19.3. The van der Waals surface area contributed by atoms with Crippen molar-refractivity contribution in [2.45, 2.75) is 70.0 Å². The van der Waals surface area contributed by atoms with Gasteiger partial charge in [-0.2, -0.15) is 0 Å². The van der Waals surface area contributed by atoms with E-state index >= 15 is 0 Å². The maximum Gasteiger partial charge on any atom is 0.188 e. The number of anilines is 1. The van der Waals surface area contributed by atoms with Crippen LogP contribution in [-0.4, -0.2) is 23.1 Å². The summed E-state index contributed by atoms with van der Waals surface area (Å²) in [6, 6.07) is 0. The van der Waals surface area contributed by atoms with Crippen LogP contribution in [0.3, 0.4) is 0 Å². The normalized spacial score (nSPS) is 23.5. The van der Waals surface area contributed by atoms with Crippen LogP contribution in [0, 0.1) is 5.92 Å². The predicted octanol–water partition coefficient (Wildman–Crippen LogP) is 4.46. The van der Waals surface area contributed by atoms with Gasteiger partial charge < -0.3 is 10.5 Å². The first-order valence-corrected chi connectivity index (χ1v) is 11.8. The zero-order chi connectivity index (χ0) is 16.5. The summed E-state index contributed by atoms with van der Waals surface area (Å²) >= 11 is 3.38. The summed E-state index contributed by atoms with van der Waals surface area (Å²) in [5, 5.41) is 0.0485. The molecule has 0 spiro atoms. The molecule has 1 aliphatic carbocycles. The molecule has 22 heavy (non-hydrogen) atoms. The Balaban J connectivity index is 2.07. The van der Waals surface area contributed by atoms with E-state index in [4.69, 9.17) is 5.73 Å². The van der Waals surface area contributed by atoms with Gasteiger partial charge in [0, 0.05) is 5.92 Å². The molecule has 0 radical (unpaired) electrons. The van der Waals surface area contributed by atoms with Gasteiger partial charge >= 0.3 is 0 Å². The third-order valence-electron chi connectivity index (χ3n) is 5.43. The minimum absolute atomic E-state index is 0.0485. The Kier molecular flexibility index (Phi) is 5.34. The molecule has 0 aromatic carbocycles. The highest BCUT2D eigenvalue weighted by atomic mass is 79.9. The minimum Gasteiger partial charge on any atom is -0.432 e. The maximum atomic E-state index is 10.5. The van der Waals surface area contributed by atoms with Crippen LogP contribution in [0.4, 0.5) is 5.82 Å². The summed E-state index contributed by atoms with van der Waals surface area (Å²) in [6.45, 7) is 8.55. The molecule has 1 aromatic rings. The van der Waals surface area contributed by atoms with E-state index in [2.05, 4.69) is 52.8 Å². The van der Waals surface area contributed by atoms with Gasteiger partial charge in [0.1, 0.15) is 4.60 Å². The molecular weight excluding hydrogens is 358 g/mol. The summed E-state index contributed by atoms with van der Waals surface area (Å²) in [5.74, 6) is 1.57. The van der Waals surface area contributed by atoms with Crippen LogP contribution < -0.4 is 5.73 Å². The van der Waals surface area contributed by atoms with Crippen LogP contribution in [0.25, 0.3) is 0 Å². The fourth-order valence-electron chi connectivity index (χ4n) is 3.30. The number of hydrogen-bond acceptors (Lipinski definition) is 4. The number of hydrogen-bond donors (Lipinski definition) is 2. The summed E-state index contributed by atoms with van der Waals surface area (Å²) in [5.41, 5.74) is 6.78. The molecule has 1 aliphatic rings. The molecule has 124 valence electrons. The van der Waals surface area contributed by atoms with Crippen molar-refractivity contribution in [2.75, 3.05) is 5.73 Å². The van der Waals surface area contributed by atoms with Crippen molar-refractivity contribution in [1.29, 1.82) is 0 Å². The van der Waals surface area contributed by atoms with Crippen molar-refractivity contribution in [1.82, 2.24) is 9.97 Å². The number of nitrogens with two attached hydrogens (primary N) is 1. The lowest BCUT2D eigenvalue weighted by molar-refractivity contribution is 0.269. The minimum atomic E-state index is -2.14. The third kappa shape index (κ3) is 4.09. The van der Waals surface area contributed by atoms with Crippen molar-refractivity contribution in [3.05, 3.63) is 16.5 Å². The molecule has 1 saturated carbocycles. The van der Waals surface area contributed by atoms with Crippen molar-refractivity contribution in [2.24, 2.45) is 5.92 Å². The molecule has 0 bridgehead atoms. The zero-order valence-corrected chi connectivity index (χ0v) is 16.7. The van der Waals surface area contributed by atoms with E-state index in [-0.39, 0.29) is 5.04 Å². The molecule has 0 amide bonds. The lowest BCUT2D eigenvalue weighted by Gasteiger charge is -2.40. The Hall–Kier alpha value is -0.463. The van der Waals surface area contributed by atoms with E-state index in [0.717, 1.165) is 18.5 Å². The van der Waals surface area contributed by atoms with Gasteiger partial charge in [-0.15, -0.1) is 0 Å². The topological polar surface area (TPSA) is 72.0 Å². The van der Waals surface area contributed by atoms with E-state index in [1.807, 2.05) is 6.20 Å². The van der Waals surface area contributed by atoms with Gasteiger partial charge in [0.15, 0.2) is 14.1 Å². The first kappa shape index (κ1) is 17.9. The van der Waals surface area contributed by atoms with Gasteiger partial charge in [-0.3, -0.25) is 0 Å². The monoisotopic (exact) mass is 385 g/mol. The van der Waals surface area contributed by atoms with E-state index in [1.54, 1.807) is 0 Å². The van der Waals surface area contributed by atoms with Crippen molar-refractivity contribution >= 4 is 30.1 Å². The number of halogens is 1. The third-order valence-corrected chi connectivity index (χ3v) is 9.53. The quantitative estimate of drug-likeness (QED) is 0.750. The Bertz CT molecular complexity index is 531. The fraction of sp³-hybridized carbons (Fsp3) is 0.750. The second kappa shape index (κ2) is 6.57. The van der Waals surface area contributed by atoms with Crippen molar-refractivity contribution in [3.63, 3.8) is 0 Å². The molecular formula is C16H28BrN3OSi. The van der Waals surface area contributed by atoms with Crippen molar-refractivity contribution in [3.8, 4) is 0 Å². The summed E-state index contributed by atoms with van der Waals surface area (Å²) in [6.07, 6.45) is 7.71. The highest BCUT2D eigenvalue weighted by molar-refractivity contribution is 9.10. The van der Waals surface area contributed by atoms with Crippen molar-refractivity contribution < 1.29 is 4.80 Å². The van der Waals surface area contributed by atoms with Gasteiger partial charge in [0.05, 0.1) is 11.9 Å². The van der Waals surface area contributed by atoms with E-state index in [0.29, 0.717) is 22.3 Å². The molecule has 0 unspecified atom stereocenters. The van der Waals surface area contributed by atoms with Crippen LogP contribution in [-0.2, 0) is 0 Å². The van der Waals surface area contributed by atoms with Crippen LogP contribution in [0.15, 0.2) is 10.8 Å². The Morgan fingerprint density at radius 2 is 2.09 bits per heavy atom. The first-order valence-electron chi connectivity index (χ1n) is 8.10. The number of rotatable bonds is 4. The molecule has 1 heterocycles. The number of nitrogens with zero attached hydrogens (tertiary/aromatic N) is 2. The smallest absolute Gasteiger partial charge is 0.188 e. The fourth-order valence-corrected chi connectivity index (χ4v) is 4.40. The lowest BCUT2D eigenvalue weighted by Crippen LogP contribution is -2.40. The second-order valence-corrected chi connectivity index (χ2v) is 13.1. The summed E-state index contributed by atoms with van der Waals surface area (Å²) in [7, 11) is -2.14. The molecule has 6 heteroatoms. The Morgan fingerprint density at radius 1 is 1.41 bits per heavy atom. The highest BCUT2D eigenvalue weighted by Gasteiger charge is 2.40. The van der Waals surface area contributed by atoms with Crippen LogP contribution in [0.1, 0.15) is 57.6 Å². The first-order chi connectivity index (χ1) is 10.1. The standard InChI is InChI=1S/C16H28BrN3OSi/c1-16(2,22(3,4)21)9-11-6-5-7-12(8-11)13-10-19-15(18)14(17)20-13/h10-12,21H,5-9H2,1-4H3,(H2,18,19)/t11-,12+/m0/s1. The Labute approximate surface area is 143 Å². The molecule has 2 rings (SSSR count). The zero-order valence-electron chi connectivity index (χ0n) is 14.1. The SMILES string of the molecule is CC(C)(C[C@H]1CCC[C@@H](c2cnc(N)c(Br)n2)C1)[Si](C)(C)O. The van der Waals surface area contributed by atoms with Gasteiger partial charge in [-0.05, 0) is 59.2 Å². The molecule has 0 aliphatic heterocycles. The molecule has 2 atom stereocenters. The lowest BCUT2D eigenvalue weighted by atomic mass is 9.76. The molecule has 4 nitrogen and oxygen atoms in total. The van der Waals surface area contributed by atoms with Gasteiger partial charge in [-0.1, -0.05) is 26.7 Å².